The number of piperazine rings is 1. The second-order valence-electron chi connectivity index (χ2n) is 5.23. The number of aromatic nitrogens is 1. The van der Waals surface area contributed by atoms with Gasteiger partial charge >= 0.3 is 0 Å². The first-order valence-electron chi connectivity index (χ1n) is 7.15. The van der Waals surface area contributed by atoms with Gasteiger partial charge in [0.25, 0.3) is 5.91 Å². The molecular weight excluding hydrogens is 283 g/mol. The van der Waals surface area contributed by atoms with Crippen molar-refractivity contribution < 1.29 is 9.18 Å². The van der Waals surface area contributed by atoms with Crippen LogP contribution in [0.2, 0.25) is 0 Å². The average molecular weight is 300 g/mol. The molecule has 1 saturated heterocycles. The second kappa shape index (κ2) is 6.01. The summed E-state index contributed by atoms with van der Waals surface area (Å²) in [5.74, 6) is 0.0983. The van der Waals surface area contributed by atoms with Crippen molar-refractivity contribution in [3.63, 3.8) is 0 Å². The monoisotopic (exact) mass is 300 g/mol. The molecule has 1 amide bonds. The van der Waals surface area contributed by atoms with Crippen LogP contribution in [0.3, 0.4) is 0 Å². The molecule has 2 heterocycles. The van der Waals surface area contributed by atoms with E-state index in [0.29, 0.717) is 24.5 Å². The zero-order valence-electron chi connectivity index (χ0n) is 12.1. The number of hydrogen-bond donors (Lipinski definition) is 1. The fourth-order valence-electron chi connectivity index (χ4n) is 2.53. The van der Waals surface area contributed by atoms with Crippen LogP contribution in [-0.2, 0) is 0 Å². The maximum atomic E-state index is 12.9. The quantitative estimate of drug-likeness (QED) is 0.918. The number of anilines is 2. The number of amides is 1. The normalized spacial score (nSPS) is 15.0. The zero-order valence-corrected chi connectivity index (χ0v) is 12.1. The van der Waals surface area contributed by atoms with E-state index in [-0.39, 0.29) is 11.7 Å². The predicted molar refractivity (Wildman–Crippen MR) is 83.2 cm³/mol. The van der Waals surface area contributed by atoms with E-state index in [0.717, 1.165) is 18.8 Å². The second-order valence-corrected chi connectivity index (χ2v) is 5.23. The van der Waals surface area contributed by atoms with Crippen LogP contribution >= 0.6 is 0 Å². The van der Waals surface area contributed by atoms with Gasteiger partial charge in [-0.25, -0.2) is 9.37 Å². The van der Waals surface area contributed by atoms with Crippen LogP contribution in [0.1, 0.15) is 10.4 Å². The number of carbonyl (C=O) groups excluding carboxylic acids is 1. The maximum absolute atomic E-state index is 12.9. The van der Waals surface area contributed by atoms with E-state index in [4.69, 9.17) is 5.73 Å². The Morgan fingerprint density at radius 3 is 2.32 bits per heavy atom. The van der Waals surface area contributed by atoms with Crippen LogP contribution in [0.15, 0.2) is 42.6 Å². The third kappa shape index (κ3) is 3.00. The molecule has 0 bridgehead atoms. The minimum absolute atomic E-state index is 0.0601. The van der Waals surface area contributed by atoms with E-state index in [1.165, 1.54) is 24.3 Å². The molecule has 0 aliphatic carbocycles. The van der Waals surface area contributed by atoms with E-state index in [9.17, 15) is 9.18 Å². The van der Waals surface area contributed by atoms with Gasteiger partial charge in [0.2, 0.25) is 0 Å². The molecular formula is C16H17FN4O. The number of halogens is 1. The summed E-state index contributed by atoms with van der Waals surface area (Å²) in [6, 6.07) is 9.36. The molecule has 0 saturated carbocycles. The highest BCUT2D eigenvalue weighted by atomic mass is 19.1. The molecule has 22 heavy (non-hydrogen) atoms. The summed E-state index contributed by atoms with van der Waals surface area (Å²) < 4.78 is 12.9. The number of benzene rings is 1. The standard InChI is InChI=1S/C16H17FN4O/c17-13-3-1-12(2-4-13)16(22)21-9-7-20(8-10-21)14-5-6-15(18)19-11-14/h1-6,11H,7-10H2,(H2,18,19). The Hall–Kier alpha value is -2.63. The molecule has 0 radical (unpaired) electrons. The molecule has 1 aliphatic heterocycles. The molecule has 1 aliphatic rings. The summed E-state index contributed by atoms with van der Waals surface area (Å²) in [7, 11) is 0. The van der Waals surface area contributed by atoms with E-state index in [2.05, 4.69) is 9.88 Å². The zero-order chi connectivity index (χ0) is 15.5. The van der Waals surface area contributed by atoms with Crippen molar-refractivity contribution in [3.05, 3.63) is 54.0 Å². The smallest absolute Gasteiger partial charge is 0.253 e. The topological polar surface area (TPSA) is 62.5 Å². The van der Waals surface area contributed by atoms with Crippen molar-refractivity contribution in [2.24, 2.45) is 0 Å². The Kier molecular flexibility index (Phi) is 3.91. The van der Waals surface area contributed by atoms with Gasteiger partial charge < -0.3 is 15.5 Å². The molecule has 5 nitrogen and oxygen atoms in total. The van der Waals surface area contributed by atoms with Gasteiger partial charge in [0.05, 0.1) is 11.9 Å². The Balaban J connectivity index is 1.62. The number of nitrogens with zero attached hydrogens (tertiary/aromatic N) is 3. The third-order valence-corrected chi connectivity index (χ3v) is 3.79. The highest BCUT2D eigenvalue weighted by molar-refractivity contribution is 5.94. The first-order valence-corrected chi connectivity index (χ1v) is 7.15. The summed E-state index contributed by atoms with van der Waals surface area (Å²) >= 11 is 0. The summed E-state index contributed by atoms with van der Waals surface area (Å²) in [5, 5.41) is 0. The van der Waals surface area contributed by atoms with Crippen molar-refractivity contribution in [2.75, 3.05) is 36.8 Å². The number of hydrogen-bond acceptors (Lipinski definition) is 4. The lowest BCUT2D eigenvalue weighted by Crippen LogP contribution is -2.48. The largest absolute Gasteiger partial charge is 0.384 e. The van der Waals surface area contributed by atoms with Crippen LogP contribution < -0.4 is 10.6 Å². The molecule has 6 heteroatoms. The van der Waals surface area contributed by atoms with Crippen molar-refractivity contribution in [1.29, 1.82) is 0 Å². The molecule has 1 fully saturated rings. The van der Waals surface area contributed by atoms with Crippen LogP contribution in [0.4, 0.5) is 15.9 Å². The minimum atomic E-state index is -0.336. The van der Waals surface area contributed by atoms with Gasteiger partial charge in [0, 0.05) is 31.7 Å². The van der Waals surface area contributed by atoms with Crippen LogP contribution in [0.25, 0.3) is 0 Å². The average Bonchev–Trinajstić information content (AvgIpc) is 2.56. The van der Waals surface area contributed by atoms with Crippen molar-refractivity contribution in [3.8, 4) is 0 Å². The van der Waals surface area contributed by atoms with Gasteiger partial charge in [-0.2, -0.15) is 0 Å². The van der Waals surface area contributed by atoms with E-state index in [1.54, 1.807) is 17.2 Å². The molecule has 114 valence electrons. The Morgan fingerprint density at radius 1 is 1.05 bits per heavy atom. The number of nitrogens with two attached hydrogens (primary N) is 1. The highest BCUT2D eigenvalue weighted by Crippen LogP contribution is 2.17. The van der Waals surface area contributed by atoms with Crippen LogP contribution in [0, 0.1) is 5.82 Å². The van der Waals surface area contributed by atoms with Crippen molar-refractivity contribution in [2.45, 2.75) is 0 Å². The maximum Gasteiger partial charge on any atom is 0.253 e. The minimum Gasteiger partial charge on any atom is -0.384 e. The lowest BCUT2D eigenvalue weighted by molar-refractivity contribution is 0.0746. The van der Waals surface area contributed by atoms with E-state index < -0.39 is 0 Å². The molecule has 0 unspecified atom stereocenters. The van der Waals surface area contributed by atoms with Gasteiger partial charge in [-0.1, -0.05) is 0 Å². The summed E-state index contributed by atoms with van der Waals surface area (Å²) in [6.45, 7) is 2.72. The Morgan fingerprint density at radius 2 is 1.73 bits per heavy atom. The lowest BCUT2D eigenvalue weighted by Gasteiger charge is -2.36. The molecule has 1 aromatic heterocycles. The van der Waals surface area contributed by atoms with Crippen LogP contribution in [-0.4, -0.2) is 42.0 Å². The molecule has 0 atom stereocenters. The Bertz CT molecular complexity index is 649. The number of carbonyl (C=O) groups is 1. The van der Waals surface area contributed by atoms with Gasteiger partial charge in [-0.05, 0) is 36.4 Å². The predicted octanol–water partition coefficient (Wildman–Crippen LogP) is 1.77. The first kappa shape index (κ1) is 14.3. The third-order valence-electron chi connectivity index (χ3n) is 3.79. The summed E-state index contributed by atoms with van der Waals surface area (Å²) in [4.78, 5) is 20.4. The summed E-state index contributed by atoms with van der Waals surface area (Å²) in [6.07, 6.45) is 1.74. The highest BCUT2D eigenvalue weighted by Gasteiger charge is 2.22. The molecule has 1 aromatic carbocycles. The van der Waals surface area contributed by atoms with Crippen LogP contribution in [0.5, 0.6) is 0 Å². The SMILES string of the molecule is Nc1ccc(N2CCN(C(=O)c3ccc(F)cc3)CC2)cn1. The lowest BCUT2D eigenvalue weighted by atomic mass is 10.1. The number of pyridine rings is 1. The van der Waals surface area contributed by atoms with Gasteiger partial charge in [-0.3, -0.25) is 4.79 Å². The molecule has 3 rings (SSSR count). The fraction of sp³-hybridized carbons (Fsp3) is 0.250. The Labute approximate surface area is 128 Å². The first-order chi connectivity index (χ1) is 10.6. The van der Waals surface area contributed by atoms with Crippen molar-refractivity contribution in [1.82, 2.24) is 9.88 Å². The van der Waals surface area contributed by atoms with E-state index >= 15 is 0 Å². The van der Waals surface area contributed by atoms with Crippen molar-refractivity contribution >= 4 is 17.4 Å². The van der Waals surface area contributed by atoms with Gasteiger partial charge in [-0.15, -0.1) is 0 Å². The van der Waals surface area contributed by atoms with Gasteiger partial charge in [0.1, 0.15) is 11.6 Å². The number of nitrogen functional groups attached to an aromatic ring is 1. The fourth-order valence-corrected chi connectivity index (χ4v) is 2.53. The molecule has 2 N–H and O–H groups in total. The molecule has 2 aromatic rings. The van der Waals surface area contributed by atoms with Gasteiger partial charge in [0.15, 0.2) is 0 Å². The number of rotatable bonds is 2. The molecule has 0 spiro atoms. The summed E-state index contributed by atoms with van der Waals surface area (Å²) in [5.41, 5.74) is 7.10. The van der Waals surface area contributed by atoms with E-state index in [1.807, 2.05) is 6.07 Å².